The Morgan fingerprint density at radius 3 is 2.68 bits per heavy atom. The minimum absolute atomic E-state index is 0.195. The molecule has 0 N–H and O–H groups in total. The molecule has 0 bridgehead atoms. The lowest BCUT2D eigenvalue weighted by Crippen LogP contribution is -2.25. The van der Waals surface area contributed by atoms with Crippen LogP contribution in [-0.4, -0.2) is 4.57 Å². The summed E-state index contributed by atoms with van der Waals surface area (Å²) >= 11 is 3.56. The molecule has 19 heavy (non-hydrogen) atoms. The molecule has 1 aliphatic rings. The van der Waals surface area contributed by atoms with Crippen LogP contribution in [0.5, 0.6) is 0 Å². The Labute approximate surface area is 120 Å². The Morgan fingerprint density at radius 2 is 2.05 bits per heavy atom. The first kappa shape index (κ1) is 12.3. The van der Waals surface area contributed by atoms with Gasteiger partial charge in [-0.3, -0.25) is 0 Å². The zero-order valence-corrected chi connectivity index (χ0v) is 12.1. The van der Waals surface area contributed by atoms with Crippen molar-refractivity contribution in [1.29, 1.82) is 10.5 Å². The number of rotatable bonds is 1. The molecule has 1 fully saturated rings. The van der Waals surface area contributed by atoms with Gasteiger partial charge in [0, 0.05) is 27.6 Å². The van der Waals surface area contributed by atoms with Crippen LogP contribution in [0.2, 0.25) is 0 Å². The van der Waals surface area contributed by atoms with Gasteiger partial charge in [-0.25, -0.2) is 0 Å². The van der Waals surface area contributed by atoms with Crippen LogP contribution in [0.1, 0.15) is 30.0 Å². The number of aryl methyl sites for hydroxylation is 1. The third-order valence-electron chi connectivity index (χ3n) is 3.94. The quantitative estimate of drug-likeness (QED) is 0.797. The summed E-state index contributed by atoms with van der Waals surface area (Å²) in [7, 11) is 0. The molecule has 1 heterocycles. The van der Waals surface area contributed by atoms with E-state index in [0.29, 0.717) is 6.04 Å². The second-order valence-electron chi connectivity index (χ2n) is 5.13. The molecule has 0 saturated heterocycles. The maximum absolute atomic E-state index is 9.10. The fraction of sp³-hybridized carbons (Fsp3) is 0.333. The minimum atomic E-state index is 0.195. The van der Waals surface area contributed by atoms with Crippen LogP contribution in [0.3, 0.4) is 0 Å². The standard InChI is InChI=1S/C15H12BrN3/c1-9-2-15-13(5-11(9)7-18)14(16)8-19(15)12-3-10(4-12)6-17/h2,5,8,10,12H,3-4H2,1H3. The van der Waals surface area contributed by atoms with E-state index < -0.39 is 0 Å². The van der Waals surface area contributed by atoms with Gasteiger partial charge in [0.05, 0.1) is 23.6 Å². The number of nitriles is 2. The fourth-order valence-corrected chi connectivity index (χ4v) is 3.24. The first-order valence-electron chi connectivity index (χ1n) is 6.24. The van der Waals surface area contributed by atoms with Crippen molar-refractivity contribution in [2.24, 2.45) is 5.92 Å². The zero-order valence-electron chi connectivity index (χ0n) is 10.5. The fourth-order valence-electron chi connectivity index (χ4n) is 2.70. The van der Waals surface area contributed by atoms with Crippen molar-refractivity contribution in [3.05, 3.63) is 33.9 Å². The van der Waals surface area contributed by atoms with Gasteiger partial charge in [0.25, 0.3) is 0 Å². The average molecular weight is 314 g/mol. The summed E-state index contributed by atoms with van der Waals surface area (Å²) < 4.78 is 3.25. The van der Waals surface area contributed by atoms with Crippen molar-refractivity contribution < 1.29 is 0 Å². The van der Waals surface area contributed by atoms with Crippen molar-refractivity contribution >= 4 is 26.8 Å². The van der Waals surface area contributed by atoms with E-state index in [9.17, 15) is 0 Å². The Kier molecular flexibility index (Phi) is 2.84. The highest BCUT2D eigenvalue weighted by atomic mass is 79.9. The van der Waals surface area contributed by atoms with Gasteiger partial charge in [-0.1, -0.05) is 0 Å². The molecule has 0 unspecified atom stereocenters. The summed E-state index contributed by atoms with van der Waals surface area (Å²) in [5, 5.41) is 19.0. The van der Waals surface area contributed by atoms with E-state index >= 15 is 0 Å². The molecule has 0 aliphatic heterocycles. The smallest absolute Gasteiger partial charge is 0.0994 e. The first-order chi connectivity index (χ1) is 9.13. The van der Waals surface area contributed by atoms with Crippen LogP contribution in [0.4, 0.5) is 0 Å². The second kappa shape index (κ2) is 4.40. The molecule has 0 radical (unpaired) electrons. The van der Waals surface area contributed by atoms with Crippen molar-refractivity contribution in [3.63, 3.8) is 0 Å². The number of halogens is 1. The third kappa shape index (κ3) is 1.84. The maximum Gasteiger partial charge on any atom is 0.0994 e. The monoisotopic (exact) mass is 313 g/mol. The van der Waals surface area contributed by atoms with Crippen molar-refractivity contribution in [2.75, 3.05) is 0 Å². The number of hydrogen-bond donors (Lipinski definition) is 0. The summed E-state index contributed by atoms with van der Waals surface area (Å²) in [4.78, 5) is 0. The normalized spacial score (nSPS) is 21.7. The number of aromatic nitrogens is 1. The van der Waals surface area contributed by atoms with E-state index in [1.54, 1.807) is 0 Å². The molecule has 1 aromatic carbocycles. The van der Waals surface area contributed by atoms with Gasteiger partial charge >= 0.3 is 0 Å². The molecule has 2 aromatic rings. The predicted molar refractivity (Wildman–Crippen MR) is 76.5 cm³/mol. The number of fused-ring (bicyclic) bond motifs is 1. The highest BCUT2D eigenvalue weighted by Gasteiger charge is 2.31. The molecule has 94 valence electrons. The van der Waals surface area contributed by atoms with Gasteiger partial charge in [0.1, 0.15) is 0 Å². The Balaban J connectivity index is 2.11. The Hall–Kier alpha value is -1.78. The highest BCUT2D eigenvalue weighted by Crippen LogP contribution is 2.41. The molecule has 1 aliphatic carbocycles. The largest absolute Gasteiger partial charge is 0.343 e. The second-order valence-corrected chi connectivity index (χ2v) is 5.99. The van der Waals surface area contributed by atoms with E-state index in [0.717, 1.165) is 39.3 Å². The minimum Gasteiger partial charge on any atom is -0.343 e. The molecule has 0 spiro atoms. The van der Waals surface area contributed by atoms with Crippen LogP contribution in [0.15, 0.2) is 22.8 Å². The number of hydrogen-bond acceptors (Lipinski definition) is 2. The topological polar surface area (TPSA) is 52.5 Å². The summed E-state index contributed by atoms with van der Waals surface area (Å²) in [6.45, 7) is 1.96. The van der Waals surface area contributed by atoms with Crippen LogP contribution in [-0.2, 0) is 0 Å². The summed E-state index contributed by atoms with van der Waals surface area (Å²) in [6.07, 6.45) is 3.92. The van der Waals surface area contributed by atoms with E-state index in [2.05, 4.69) is 44.9 Å². The highest BCUT2D eigenvalue weighted by molar-refractivity contribution is 9.10. The summed E-state index contributed by atoms with van der Waals surface area (Å²) in [5.74, 6) is 0.195. The number of benzene rings is 1. The first-order valence-corrected chi connectivity index (χ1v) is 7.03. The van der Waals surface area contributed by atoms with E-state index in [1.165, 1.54) is 0 Å². The van der Waals surface area contributed by atoms with Gasteiger partial charge in [-0.2, -0.15) is 10.5 Å². The van der Waals surface area contributed by atoms with Crippen molar-refractivity contribution in [1.82, 2.24) is 4.57 Å². The SMILES string of the molecule is Cc1cc2c(cc1C#N)c(Br)cn2C1CC(C#N)C1. The molecule has 0 atom stereocenters. The average Bonchev–Trinajstić information content (AvgIpc) is 2.64. The van der Waals surface area contributed by atoms with Gasteiger partial charge in [0.2, 0.25) is 0 Å². The molecule has 1 saturated carbocycles. The van der Waals surface area contributed by atoms with Gasteiger partial charge in [-0.15, -0.1) is 0 Å². The molecular weight excluding hydrogens is 302 g/mol. The van der Waals surface area contributed by atoms with Crippen LogP contribution in [0, 0.1) is 35.5 Å². The van der Waals surface area contributed by atoms with Crippen LogP contribution in [0.25, 0.3) is 10.9 Å². The van der Waals surface area contributed by atoms with Crippen LogP contribution >= 0.6 is 15.9 Å². The molecule has 1 aromatic heterocycles. The number of nitrogens with zero attached hydrogens (tertiary/aromatic N) is 3. The molecule has 0 amide bonds. The van der Waals surface area contributed by atoms with E-state index in [4.69, 9.17) is 10.5 Å². The lowest BCUT2D eigenvalue weighted by atomic mass is 9.81. The molecule has 4 heteroatoms. The molecule has 3 nitrogen and oxygen atoms in total. The molecular formula is C15H12BrN3. The molecule has 3 rings (SSSR count). The van der Waals surface area contributed by atoms with Gasteiger partial charge < -0.3 is 4.57 Å². The maximum atomic E-state index is 9.10. The van der Waals surface area contributed by atoms with Crippen molar-refractivity contribution in [3.8, 4) is 12.1 Å². The Morgan fingerprint density at radius 1 is 1.32 bits per heavy atom. The van der Waals surface area contributed by atoms with Crippen LogP contribution < -0.4 is 0 Å². The summed E-state index contributed by atoms with van der Waals surface area (Å²) in [6, 6.07) is 8.95. The van der Waals surface area contributed by atoms with E-state index in [1.807, 2.05) is 13.0 Å². The summed E-state index contributed by atoms with van der Waals surface area (Å²) in [5.41, 5.74) is 2.86. The van der Waals surface area contributed by atoms with Gasteiger partial charge in [-0.05, 0) is 53.4 Å². The lowest BCUT2D eigenvalue weighted by molar-refractivity contribution is 0.254. The lowest BCUT2D eigenvalue weighted by Gasteiger charge is -2.32. The van der Waals surface area contributed by atoms with Gasteiger partial charge in [0.15, 0.2) is 0 Å². The third-order valence-corrected chi connectivity index (χ3v) is 4.57. The van der Waals surface area contributed by atoms with Crippen molar-refractivity contribution in [2.45, 2.75) is 25.8 Å². The zero-order chi connectivity index (χ0) is 13.6. The predicted octanol–water partition coefficient (Wildman–Crippen LogP) is 4.06. The Bertz CT molecular complexity index is 739. The van der Waals surface area contributed by atoms with E-state index in [-0.39, 0.29) is 5.92 Å².